The predicted molar refractivity (Wildman–Crippen MR) is 89.8 cm³/mol. The number of hydrogen-bond acceptors (Lipinski definition) is 4. The van der Waals surface area contributed by atoms with Crippen LogP contribution in [-0.4, -0.2) is 44.3 Å². The van der Waals surface area contributed by atoms with Crippen molar-refractivity contribution in [2.75, 3.05) is 31.7 Å². The number of anilines is 1. The molecule has 2 aliphatic rings. The monoisotopic (exact) mass is 332 g/mol. The minimum Gasteiger partial charge on any atom is -0.379 e. The van der Waals surface area contributed by atoms with Gasteiger partial charge in [-0.25, -0.2) is 0 Å². The SMILES string of the molecule is O=C1C[C@H](C(=O)NCCCOC[C@@H]2CCCO2)c2ccccc2N1. The molecule has 130 valence electrons. The molecule has 0 unspecified atom stereocenters. The average molecular weight is 332 g/mol. The Morgan fingerprint density at radius 1 is 1.38 bits per heavy atom. The summed E-state index contributed by atoms with van der Waals surface area (Å²) in [6, 6.07) is 7.45. The molecule has 1 fully saturated rings. The Bertz CT molecular complexity index is 584. The molecule has 0 aromatic heterocycles. The van der Waals surface area contributed by atoms with Crippen molar-refractivity contribution < 1.29 is 19.1 Å². The van der Waals surface area contributed by atoms with Gasteiger partial charge in [-0.2, -0.15) is 0 Å². The highest BCUT2D eigenvalue weighted by Gasteiger charge is 2.30. The van der Waals surface area contributed by atoms with E-state index in [-0.39, 0.29) is 24.3 Å². The second-order valence-corrected chi connectivity index (χ2v) is 6.25. The highest BCUT2D eigenvalue weighted by atomic mass is 16.5. The van der Waals surface area contributed by atoms with Gasteiger partial charge in [0.25, 0.3) is 0 Å². The first-order valence-electron chi connectivity index (χ1n) is 8.60. The molecule has 0 bridgehead atoms. The molecule has 1 aromatic carbocycles. The Hall–Kier alpha value is -1.92. The van der Waals surface area contributed by atoms with E-state index in [4.69, 9.17) is 9.47 Å². The summed E-state index contributed by atoms with van der Waals surface area (Å²) >= 11 is 0. The predicted octanol–water partition coefficient (Wildman–Crippen LogP) is 1.81. The van der Waals surface area contributed by atoms with Crippen molar-refractivity contribution in [3.8, 4) is 0 Å². The van der Waals surface area contributed by atoms with Gasteiger partial charge in [0, 0.05) is 31.9 Å². The molecular weight excluding hydrogens is 308 g/mol. The van der Waals surface area contributed by atoms with Gasteiger partial charge in [-0.1, -0.05) is 18.2 Å². The third kappa shape index (κ3) is 4.33. The van der Waals surface area contributed by atoms with Crippen LogP contribution >= 0.6 is 0 Å². The molecular formula is C18H24N2O4. The molecule has 2 N–H and O–H groups in total. The number of benzene rings is 1. The minimum atomic E-state index is -0.414. The van der Waals surface area contributed by atoms with E-state index < -0.39 is 5.92 Å². The number of carbonyl (C=O) groups excluding carboxylic acids is 2. The first kappa shape index (κ1) is 16.9. The van der Waals surface area contributed by atoms with Crippen molar-refractivity contribution in [1.29, 1.82) is 0 Å². The van der Waals surface area contributed by atoms with Gasteiger partial charge in [-0.05, 0) is 30.9 Å². The summed E-state index contributed by atoms with van der Waals surface area (Å²) < 4.78 is 11.1. The minimum absolute atomic E-state index is 0.101. The van der Waals surface area contributed by atoms with E-state index in [1.54, 1.807) is 0 Å². The highest BCUT2D eigenvalue weighted by Crippen LogP contribution is 2.31. The van der Waals surface area contributed by atoms with E-state index in [9.17, 15) is 9.59 Å². The van der Waals surface area contributed by atoms with Crippen LogP contribution in [0, 0.1) is 0 Å². The Kier molecular flexibility index (Phi) is 5.82. The maximum absolute atomic E-state index is 12.4. The van der Waals surface area contributed by atoms with E-state index in [1.807, 2.05) is 24.3 Å². The van der Waals surface area contributed by atoms with E-state index in [1.165, 1.54) is 0 Å². The largest absolute Gasteiger partial charge is 0.379 e. The van der Waals surface area contributed by atoms with Crippen LogP contribution in [0.1, 0.15) is 37.2 Å². The number of hydrogen-bond donors (Lipinski definition) is 2. The summed E-state index contributed by atoms with van der Waals surface area (Å²) in [7, 11) is 0. The molecule has 3 rings (SSSR count). The van der Waals surface area contributed by atoms with Crippen LogP contribution < -0.4 is 10.6 Å². The average Bonchev–Trinajstić information content (AvgIpc) is 3.10. The molecule has 6 nitrogen and oxygen atoms in total. The molecule has 1 saturated heterocycles. The standard InChI is InChI=1S/C18H24N2O4/c21-17-11-15(14-6-1-2-7-16(14)20-17)18(22)19-8-4-9-23-12-13-5-3-10-24-13/h1-2,6-7,13,15H,3-5,8-12H2,(H,19,22)(H,20,21)/t13-,15-/m0/s1. The molecule has 2 atom stereocenters. The van der Waals surface area contributed by atoms with Crippen LogP contribution in [-0.2, 0) is 19.1 Å². The Morgan fingerprint density at radius 2 is 2.25 bits per heavy atom. The lowest BCUT2D eigenvalue weighted by Gasteiger charge is -2.24. The maximum Gasteiger partial charge on any atom is 0.228 e. The van der Waals surface area contributed by atoms with Gasteiger partial charge in [-0.15, -0.1) is 0 Å². The summed E-state index contributed by atoms with van der Waals surface area (Å²) in [6.07, 6.45) is 3.36. The second-order valence-electron chi connectivity index (χ2n) is 6.25. The van der Waals surface area contributed by atoms with Gasteiger partial charge in [0.05, 0.1) is 18.6 Å². The smallest absolute Gasteiger partial charge is 0.228 e. The van der Waals surface area contributed by atoms with Gasteiger partial charge in [-0.3, -0.25) is 9.59 Å². The number of nitrogens with one attached hydrogen (secondary N) is 2. The van der Waals surface area contributed by atoms with Crippen molar-refractivity contribution >= 4 is 17.5 Å². The van der Waals surface area contributed by atoms with Crippen LogP contribution in [0.15, 0.2) is 24.3 Å². The van der Waals surface area contributed by atoms with Crippen LogP contribution in [0.4, 0.5) is 5.69 Å². The Balaban J connectivity index is 1.39. The first-order chi connectivity index (χ1) is 11.7. The number of para-hydroxylation sites is 1. The molecule has 6 heteroatoms. The number of carbonyl (C=O) groups is 2. The molecule has 2 amide bonds. The lowest BCUT2D eigenvalue weighted by molar-refractivity contribution is -0.126. The number of fused-ring (bicyclic) bond motifs is 1. The third-order valence-electron chi connectivity index (χ3n) is 4.41. The normalized spacial score (nSPS) is 22.8. The third-order valence-corrected chi connectivity index (χ3v) is 4.41. The maximum atomic E-state index is 12.4. The number of amides is 2. The van der Waals surface area contributed by atoms with Crippen molar-refractivity contribution in [3.05, 3.63) is 29.8 Å². The summed E-state index contributed by atoms with van der Waals surface area (Å²) in [4.78, 5) is 24.2. The van der Waals surface area contributed by atoms with Gasteiger partial charge in [0.1, 0.15) is 0 Å². The molecule has 1 aromatic rings. The molecule has 2 aliphatic heterocycles. The molecule has 2 heterocycles. The Morgan fingerprint density at radius 3 is 3.08 bits per heavy atom. The van der Waals surface area contributed by atoms with Gasteiger partial charge in [0.15, 0.2) is 0 Å². The van der Waals surface area contributed by atoms with Crippen molar-refractivity contribution in [3.63, 3.8) is 0 Å². The summed E-state index contributed by atoms with van der Waals surface area (Å²) in [5.41, 5.74) is 1.61. The van der Waals surface area contributed by atoms with Crippen molar-refractivity contribution in [2.24, 2.45) is 0 Å². The molecule has 0 aliphatic carbocycles. The van der Waals surface area contributed by atoms with Gasteiger partial charge >= 0.3 is 0 Å². The van der Waals surface area contributed by atoms with E-state index >= 15 is 0 Å². The number of rotatable bonds is 7. The van der Waals surface area contributed by atoms with Crippen molar-refractivity contribution in [2.45, 2.75) is 37.7 Å². The summed E-state index contributed by atoms with van der Waals surface area (Å²) in [5, 5.41) is 5.72. The summed E-state index contributed by atoms with van der Waals surface area (Å²) in [6.45, 7) is 2.61. The van der Waals surface area contributed by atoms with E-state index in [0.717, 1.165) is 37.1 Å². The zero-order chi connectivity index (χ0) is 16.8. The lowest BCUT2D eigenvalue weighted by atomic mass is 9.90. The topological polar surface area (TPSA) is 76.7 Å². The van der Waals surface area contributed by atoms with Crippen LogP contribution in [0.2, 0.25) is 0 Å². The molecule has 0 radical (unpaired) electrons. The van der Waals surface area contributed by atoms with E-state index in [2.05, 4.69) is 10.6 Å². The quantitative estimate of drug-likeness (QED) is 0.747. The van der Waals surface area contributed by atoms with Crippen molar-refractivity contribution in [1.82, 2.24) is 5.32 Å². The van der Waals surface area contributed by atoms with Crippen LogP contribution in [0.3, 0.4) is 0 Å². The molecule has 0 spiro atoms. The lowest BCUT2D eigenvalue weighted by Crippen LogP contribution is -2.35. The highest BCUT2D eigenvalue weighted by molar-refractivity contribution is 6.01. The van der Waals surface area contributed by atoms with Gasteiger partial charge in [0.2, 0.25) is 11.8 Å². The van der Waals surface area contributed by atoms with E-state index in [0.29, 0.717) is 19.8 Å². The molecule has 24 heavy (non-hydrogen) atoms. The fourth-order valence-corrected chi connectivity index (χ4v) is 3.14. The fraction of sp³-hybridized carbons (Fsp3) is 0.556. The molecule has 0 saturated carbocycles. The zero-order valence-corrected chi connectivity index (χ0v) is 13.8. The summed E-state index contributed by atoms with van der Waals surface area (Å²) in [5.74, 6) is -0.632. The first-order valence-corrected chi connectivity index (χ1v) is 8.60. The van der Waals surface area contributed by atoms with Crippen LogP contribution in [0.5, 0.6) is 0 Å². The Labute approximate surface area is 141 Å². The fourth-order valence-electron chi connectivity index (χ4n) is 3.14. The zero-order valence-electron chi connectivity index (χ0n) is 13.8. The van der Waals surface area contributed by atoms with Crippen LogP contribution in [0.25, 0.3) is 0 Å². The number of ether oxygens (including phenoxy) is 2. The van der Waals surface area contributed by atoms with Gasteiger partial charge < -0.3 is 20.1 Å². The second kappa shape index (κ2) is 8.26.